The van der Waals surface area contributed by atoms with Gasteiger partial charge in [-0.2, -0.15) is 0 Å². The number of rotatable bonds is 4. The molecule has 0 bridgehead atoms. The monoisotopic (exact) mass is 143 g/mol. The molecule has 3 nitrogen and oxygen atoms in total. The molecule has 0 radical (unpaired) electrons. The molecule has 10 heavy (non-hydrogen) atoms. The van der Waals surface area contributed by atoms with E-state index in [0.29, 0.717) is 6.42 Å². The van der Waals surface area contributed by atoms with Crippen LogP contribution in [0.2, 0.25) is 0 Å². The van der Waals surface area contributed by atoms with Gasteiger partial charge in [0.1, 0.15) is 5.71 Å². The third-order valence-electron chi connectivity index (χ3n) is 1.29. The van der Waals surface area contributed by atoms with Crippen molar-refractivity contribution in [2.45, 2.75) is 33.1 Å². The average molecular weight is 143 g/mol. The summed E-state index contributed by atoms with van der Waals surface area (Å²) in [5, 5.41) is 11.2. The highest BCUT2D eigenvalue weighted by atomic mass is 16.4. The maximum atomic E-state index is 10.6. The van der Waals surface area contributed by atoms with E-state index in [1.807, 2.05) is 6.92 Å². The van der Waals surface area contributed by atoms with Crippen LogP contribution in [-0.4, -0.2) is 16.7 Å². The lowest BCUT2D eigenvalue weighted by Crippen LogP contribution is -2.09. The molecule has 0 fully saturated rings. The Bertz CT molecular complexity index is 141. The number of Topliss-reactive ketones (excluding diaryl/α,β-unsaturated/α-hetero) is 1. The first kappa shape index (κ1) is 9.14. The number of nitrogens with zero attached hydrogens (tertiary/aromatic N) is 1. The van der Waals surface area contributed by atoms with Gasteiger partial charge in [0.2, 0.25) is 0 Å². The van der Waals surface area contributed by atoms with Crippen molar-refractivity contribution in [2.24, 2.45) is 5.16 Å². The lowest BCUT2D eigenvalue weighted by atomic mass is 10.1. The molecule has 3 heteroatoms. The van der Waals surface area contributed by atoms with E-state index in [1.54, 1.807) is 0 Å². The molecule has 0 saturated heterocycles. The number of hydrogen-bond acceptors (Lipinski definition) is 3. The molecule has 0 saturated carbocycles. The SMILES string of the molecule is CCCCC(=NO)C(C)=O. The molecule has 0 heterocycles. The Morgan fingerprint density at radius 1 is 1.60 bits per heavy atom. The quantitative estimate of drug-likeness (QED) is 0.369. The van der Waals surface area contributed by atoms with Crippen molar-refractivity contribution >= 4 is 11.5 Å². The minimum atomic E-state index is -0.143. The second kappa shape index (κ2) is 4.97. The molecular weight excluding hydrogens is 130 g/mol. The first-order chi connectivity index (χ1) is 4.72. The van der Waals surface area contributed by atoms with Crippen LogP contribution >= 0.6 is 0 Å². The Morgan fingerprint density at radius 2 is 2.20 bits per heavy atom. The van der Waals surface area contributed by atoms with Crippen LogP contribution in [-0.2, 0) is 4.79 Å². The summed E-state index contributed by atoms with van der Waals surface area (Å²) < 4.78 is 0. The zero-order valence-electron chi connectivity index (χ0n) is 6.42. The molecule has 0 spiro atoms. The molecular formula is C7H13NO2. The van der Waals surface area contributed by atoms with Gasteiger partial charge in [-0.3, -0.25) is 4.79 Å². The van der Waals surface area contributed by atoms with Crippen molar-refractivity contribution < 1.29 is 10.0 Å². The van der Waals surface area contributed by atoms with Crippen molar-refractivity contribution in [3.8, 4) is 0 Å². The zero-order chi connectivity index (χ0) is 7.98. The third-order valence-corrected chi connectivity index (χ3v) is 1.29. The van der Waals surface area contributed by atoms with Crippen LogP contribution in [0.25, 0.3) is 0 Å². The van der Waals surface area contributed by atoms with E-state index in [9.17, 15) is 4.79 Å². The second-order valence-corrected chi connectivity index (χ2v) is 2.21. The Labute approximate surface area is 60.7 Å². The van der Waals surface area contributed by atoms with Gasteiger partial charge in [-0.25, -0.2) is 0 Å². The molecule has 0 unspecified atom stereocenters. The number of carbonyl (C=O) groups excluding carboxylic acids is 1. The number of carbonyl (C=O) groups is 1. The maximum absolute atomic E-state index is 10.6. The summed E-state index contributed by atoms with van der Waals surface area (Å²) in [6, 6.07) is 0. The standard InChI is InChI=1S/C7H13NO2/c1-3-4-5-7(8-10)6(2)9/h10H,3-5H2,1-2H3. The molecule has 0 amide bonds. The van der Waals surface area contributed by atoms with Gasteiger partial charge in [0.15, 0.2) is 5.78 Å². The second-order valence-electron chi connectivity index (χ2n) is 2.21. The number of unbranched alkanes of at least 4 members (excludes halogenated alkanes) is 1. The minimum absolute atomic E-state index is 0.143. The maximum Gasteiger partial charge on any atom is 0.177 e. The van der Waals surface area contributed by atoms with E-state index in [1.165, 1.54) is 6.92 Å². The molecule has 0 aromatic rings. The summed E-state index contributed by atoms with van der Waals surface area (Å²) in [6.45, 7) is 3.43. The van der Waals surface area contributed by atoms with Crippen molar-refractivity contribution in [3.63, 3.8) is 0 Å². The van der Waals surface area contributed by atoms with Crippen molar-refractivity contribution in [1.82, 2.24) is 0 Å². The third kappa shape index (κ3) is 3.22. The van der Waals surface area contributed by atoms with Gasteiger partial charge in [-0.15, -0.1) is 0 Å². The van der Waals surface area contributed by atoms with Crippen LogP contribution < -0.4 is 0 Å². The normalized spacial score (nSPS) is 11.6. The minimum Gasteiger partial charge on any atom is -0.411 e. The van der Waals surface area contributed by atoms with Gasteiger partial charge in [0.25, 0.3) is 0 Å². The first-order valence-electron chi connectivity index (χ1n) is 3.44. The van der Waals surface area contributed by atoms with E-state index < -0.39 is 0 Å². The van der Waals surface area contributed by atoms with Gasteiger partial charge in [0, 0.05) is 6.92 Å². The molecule has 0 aliphatic carbocycles. The van der Waals surface area contributed by atoms with Gasteiger partial charge >= 0.3 is 0 Å². The summed E-state index contributed by atoms with van der Waals surface area (Å²) in [4.78, 5) is 10.6. The predicted molar refractivity (Wildman–Crippen MR) is 39.4 cm³/mol. The van der Waals surface area contributed by atoms with E-state index in [-0.39, 0.29) is 11.5 Å². The van der Waals surface area contributed by atoms with Gasteiger partial charge < -0.3 is 5.21 Å². The highest BCUT2D eigenvalue weighted by molar-refractivity contribution is 6.38. The number of ketones is 1. The van der Waals surface area contributed by atoms with E-state index in [4.69, 9.17) is 5.21 Å². The fourth-order valence-corrected chi connectivity index (χ4v) is 0.641. The molecule has 0 atom stereocenters. The van der Waals surface area contributed by atoms with E-state index in [0.717, 1.165) is 12.8 Å². The first-order valence-corrected chi connectivity index (χ1v) is 3.44. The molecule has 0 aromatic carbocycles. The highest BCUT2D eigenvalue weighted by Crippen LogP contribution is 1.97. The predicted octanol–water partition coefficient (Wildman–Crippen LogP) is 1.60. The molecule has 0 aliphatic heterocycles. The molecule has 1 N–H and O–H groups in total. The number of hydrogen-bond donors (Lipinski definition) is 1. The van der Waals surface area contributed by atoms with Gasteiger partial charge in [-0.1, -0.05) is 18.5 Å². The van der Waals surface area contributed by atoms with Crippen molar-refractivity contribution in [1.29, 1.82) is 0 Å². The van der Waals surface area contributed by atoms with Crippen LogP contribution in [0.15, 0.2) is 5.16 Å². The van der Waals surface area contributed by atoms with E-state index >= 15 is 0 Å². The van der Waals surface area contributed by atoms with Gasteiger partial charge in [-0.05, 0) is 12.8 Å². The molecule has 58 valence electrons. The van der Waals surface area contributed by atoms with Crippen LogP contribution in [0, 0.1) is 0 Å². The lowest BCUT2D eigenvalue weighted by Gasteiger charge is -1.95. The fraction of sp³-hybridized carbons (Fsp3) is 0.714. The van der Waals surface area contributed by atoms with Crippen LogP contribution in [0.1, 0.15) is 33.1 Å². The molecule has 0 aliphatic rings. The Balaban J connectivity index is 3.74. The number of oxime groups is 1. The smallest absolute Gasteiger partial charge is 0.177 e. The summed E-state index contributed by atoms with van der Waals surface area (Å²) in [7, 11) is 0. The van der Waals surface area contributed by atoms with Crippen molar-refractivity contribution in [2.75, 3.05) is 0 Å². The van der Waals surface area contributed by atoms with Crippen LogP contribution in [0.5, 0.6) is 0 Å². The molecule has 0 rings (SSSR count). The largest absolute Gasteiger partial charge is 0.411 e. The Hall–Kier alpha value is -0.860. The fourth-order valence-electron chi connectivity index (χ4n) is 0.641. The van der Waals surface area contributed by atoms with Crippen LogP contribution in [0.3, 0.4) is 0 Å². The summed E-state index contributed by atoms with van der Waals surface area (Å²) in [6.07, 6.45) is 2.49. The van der Waals surface area contributed by atoms with E-state index in [2.05, 4.69) is 5.16 Å². The van der Waals surface area contributed by atoms with Crippen molar-refractivity contribution in [3.05, 3.63) is 0 Å². The summed E-state index contributed by atoms with van der Waals surface area (Å²) >= 11 is 0. The lowest BCUT2D eigenvalue weighted by molar-refractivity contribution is -0.111. The van der Waals surface area contributed by atoms with Gasteiger partial charge in [0.05, 0.1) is 0 Å². The van der Waals surface area contributed by atoms with Crippen LogP contribution in [0.4, 0.5) is 0 Å². The summed E-state index contributed by atoms with van der Waals surface area (Å²) in [5.41, 5.74) is 0.279. The highest BCUT2D eigenvalue weighted by Gasteiger charge is 2.03. The Kier molecular flexibility index (Phi) is 4.54. The summed E-state index contributed by atoms with van der Waals surface area (Å²) in [5.74, 6) is -0.143. The average Bonchev–Trinajstić information content (AvgIpc) is 1.89. The zero-order valence-corrected chi connectivity index (χ0v) is 6.42. The Morgan fingerprint density at radius 3 is 2.50 bits per heavy atom. The topological polar surface area (TPSA) is 49.7 Å². The molecule has 0 aromatic heterocycles.